The van der Waals surface area contributed by atoms with Crippen LogP contribution in [0.4, 0.5) is 0 Å². The molecule has 1 aliphatic carbocycles. The molecule has 4 aromatic rings. The molecule has 0 saturated carbocycles. The molecule has 1 N–H and O–H groups in total. The third-order valence-corrected chi connectivity index (χ3v) is 5.44. The molecular weight excluding hydrogens is 326 g/mol. The first-order chi connectivity index (χ1) is 12.7. The minimum atomic E-state index is -0.299. The molecule has 6 heteroatoms. The Hall–Kier alpha value is -2.99. The molecule has 26 heavy (non-hydrogen) atoms. The van der Waals surface area contributed by atoms with E-state index in [0.29, 0.717) is 11.7 Å². The van der Waals surface area contributed by atoms with Crippen molar-refractivity contribution in [3.05, 3.63) is 65.8 Å². The Bertz CT molecular complexity index is 1070. The van der Waals surface area contributed by atoms with Gasteiger partial charge in [-0.25, -0.2) is 4.98 Å². The zero-order chi connectivity index (χ0) is 17.7. The first kappa shape index (κ1) is 15.3. The van der Waals surface area contributed by atoms with E-state index in [0.717, 1.165) is 29.4 Å². The van der Waals surface area contributed by atoms with E-state index in [1.807, 2.05) is 18.2 Å². The van der Waals surface area contributed by atoms with Gasteiger partial charge in [-0.1, -0.05) is 29.4 Å². The van der Waals surface area contributed by atoms with Crippen molar-refractivity contribution in [2.45, 2.75) is 18.4 Å². The van der Waals surface area contributed by atoms with Gasteiger partial charge in [0.1, 0.15) is 5.54 Å². The van der Waals surface area contributed by atoms with Gasteiger partial charge in [0.25, 0.3) is 0 Å². The van der Waals surface area contributed by atoms with E-state index in [-0.39, 0.29) is 5.54 Å². The van der Waals surface area contributed by atoms with Crippen molar-refractivity contribution in [2.24, 2.45) is 0 Å². The lowest BCUT2D eigenvalue weighted by atomic mass is 9.94. The molecule has 2 aromatic heterocycles. The van der Waals surface area contributed by atoms with Gasteiger partial charge in [0.05, 0.1) is 17.4 Å². The fraction of sp³-hybridized carbons (Fsp3) is 0.250. The predicted molar refractivity (Wildman–Crippen MR) is 98.6 cm³/mol. The average Bonchev–Trinajstić information content (AvgIpc) is 3.37. The van der Waals surface area contributed by atoms with Crippen LogP contribution in [0.2, 0.25) is 0 Å². The van der Waals surface area contributed by atoms with Gasteiger partial charge in [0.2, 0.25) is 11.7 Å². The summed E-state index contributed by atoms with van der Waals surface area (Å²) in [5.41, 5.74) is 5.20. The van der Waals surface area contributed by atoms with Gasteiger partial charge in [-0.15, -0.1) is 0 Å². The lowest BCUT2D eigenvalue weighted by Gasteiger charge is -2.32. The molecule has 2 heterocycles. The van der Waals surface area contributed by atoms with Crippen LogP contribution in [0.5, 0.6) is 0 Å². The Morgan fingerprint density at radius 3 is 2.58 bits per heavy atom. The summed E-state index contributed by atoms with van der Waals surface area (Å²) in [6, 6.07) is 14.5. The minimum absolute atomic E-state index is 0.299. The number of likely N-dealkylation sites (N-methyl/N-ethyl adjacent to an activating group) is 1. The molecule has 0 bridgehead atoms. The highest BCUT2D eigenvalue weighted by molar-refractivity contribution is 5.79. The van der Waals surface area contributed by atoms with Crippen molar-refractivity contribution in [1.82, 2.24) is 25.0 Å². The van der Waals surface area contributed by atoms with Crippen molar-refractivity contribution in [2.75, 3.05) is 14.1 Å². The van der Waals surface area contributed by atoms with Crippen LogP contribution in [0, 0.1) is 0 Å². The maximum absolute atomic E-state index is 5.76. The molecule has 6 nitrogen and oxygen atoms in total. The molecule has 0 aliphatic heterocycles. The number of imidazole rings is 1. The fourth-order valence-electron chi connectivity index (χ4n) is 3.86. The van der Waals surface area contributed by atoms with Crippen molar-refractivity contribution in [3.63, 3.8) is 0 Å². The zero-order valence-corrected chi connectivity index (χ0v) is 14.7. The first-order valence-corrected chi connectivity index (χ1v) is 8.68. The number of H-pyrrole nitrogens is 1. The van der Waals surface area contributed by atoms with Crippen LogP contribution in [-0.2, 0) is 18.4 Å². The molecule has 5 rings (SSSR count). The normalized spacial score (nSPS) is 15.7. The largest absolute Gasteiger partial charge is 0.345 e. The minimum Gasteiger partial charge on any atom is -0.345 e. The molecule has 0 saturated heterocycles. The van der Waals surface area contributed by atoms with Crippen LogP contribution >= 0.6 is 0 Å². The van der Waals surface area contributed by atoms with Crippen molar-refractivity contribution < 1.29 is 4.52 Å². The van der Waals surface area contributed by atoms with Crippen LogP contribution in [0.15, 0.2) is 53.3 Å². The van der Waals surface area contributed by atoms with Gasteiger partial charge >= 0.3 is 0 Å². The maximum Gasteiger partial charge on any atom is 0.248 e. The van der Waals surface area contributed by atoms with Crippen LogP contribution in [0.25, 0.3) is 22.4 Å². The highest BCUT2D eigenvalue weighted by Crippen LogP contribution is 2.41. The summed E-state index contributed by atoms with van der Waals surface area (Å²) in [5.74, 6) is 1.27. The van der Waals surface area contributed by atoms with Gasteiger partial charge in [-0.05, 0) is 43.4 Å². The van der Waals surface area contributed by atoms with Crippen LogP contribution in [0.3, 0.4) is 0 Å². The molecule has 130 valence electrons. The summed E-state index contributed by atoms with van der Waals surface area (Å²) in [7, 11) is 4.15. The highest BCUT2D eigenvalue weighted by Gasteiger charge is 2.45. The van der Waals surface area contributed by atoms with E-state index in [4.69, 9.17) is 9.51 Å². The highest BCUT2D eigenvalue weighted by atomic mass is 16.5. The summed E-state index contributed by atoms with van der Waals surface area (Å²) in [5, 5.41) is 4.27. The predicted octanol–water partition coefficient (Wildman–Crippen LogP) is 3.17. The summed E-state index contributed by atoms with van der Waals surface area (Å²) >= 11 is 0. The number of fused-ring (bicyclic) bond motifs is 2. The molecule has 0 spiro atoms. The zero-order valence-electron chi connectivity index (χ0n) is 14.7. The SMILES string of the molecule is CN(C)C1(c2nc(-c3ccc4nc[nH]c4c3)no2)Cc2ccccc2C1. The van der Waals surface area contributed by atoms with Gasteiger partial charge in [-0.2, -0.15) is 4.98 Å². The number of nitrogens with zero attached hydrogens (tertiary/aromatic N) is 4. The lowest BCUT2D eigenvalue weighted by Crippen LogP contribution is -2.42. The molecule has 1 aliphatic rings. The number of hydrogen-bond donors (Lipinski definition) is 1. The Morgan fingerprint density at radius 1 is 1.08 bits per heavy atom. The molecule has 0 fully saturated rings. The Labute approximate surface area is 150 Å². The number of rotatable bonds is 3. The Morgan fingerprint density at radius 2 is 1.85 bits per heavy atom. The monoisotopic (exact) mass is 345 g/mol. The van der Waals surface area contributed by atoms with Crippen LogP contribution < -0.4 is 0 Å². The van der Waals surface area contributed by atoms with Gasteiger partial charge in [0.15, 0.2) is 0 Å². The fourth-order valence-corrected chi connectivity index (χ4v) is 3.86. The summed E-state index contributed by atoms with van der Waals surface area (Å²) in [4.78, 5) is 14.3. The van der Waals surface area contributed by atoms with Gasteiger partial charge < -0.3 is 9.51 Å². The smallest absolute Gasteiger partial charge is 0.248 e. The first-order valence-electron chi connectivity index (χ1n) is 8.68. The second kappa shape index (κ2) is 5.51. The Kier molecular flexibility index (Phi) is 3.24. The lowest BCUT2D eigenvalue weighted by molar-refractivity contribution is 0.114. The number of hydrogen-bond acceptors (Lipinski definition) is 5. The second-order valence-corrected chi connectivity index (χ2v) is 7.11. The second-order valence-electron chi connectivity index (χ2n) is 7.11. The van der Waals surface area contributed by atoms with Crippen molar-refractivity contribution in [1.29, 1.82) is 0 Å². The van der Waals surface area contributed by atoms with Crippen molar-refractivity contribution >= 4 is 11.0 Å². The molecule has 0 unspecified atom stereocenters. The average molecular weight is 345 g/mol. The van der Waals surface area contributed by atoms with E-state index in [1.165, 1.54) is 11.1 Å². The molecule has 0 radical (unpaired) electrons. The van der Waals surface area contributed by atoms with Crippen LogP contribution in [0.1, 0.15) is 17.0 Å². The summed E-state index contributed by atoms with van der Waals surface area (Å²) in [6.45, 7) is 0. The van der Waals surface area contributed by atoms with E-state index in [1.54, 1.807) is 6.33 Å². The number of nitrogens with one attached hydrogen (secondary N) is 1. The van der Waals surface area contributed by atoms with E-state index in [2.05, 4.69) is 58.4 Å². The topological polar surface area (TPSA) is 70.8 Å². The number of aromatic amines is 1. The molecule has 0 atom stereocenters. The van der Waals surface area contributed by atoms with Gasteiger partial charge in [-0.3, -0.25) is 4.90 Å². The quantitative estimate of drug-likeness (QED) is 0.617. The standard InChI is InChI=1S/C20H19N5O/c1-25(2)20(10-14-5-3-4-6-15(14)11-20)19-23-18(24-26-19)13-7-8-16-17(9-13)22-12-21-16/h3-9,12H,10-11H2,1-2H3,(H,21,22). The third kappa shape index (κ3) is 2.19. The van der Waals surface area contributed by atoms with E-state index in [9.17, 15) is 0 Å². The van der Waals surface area contributed by atoms with E-state index >= 15 is 0 Å². The summed E-state index contributed by atoms with van der Waals surface area (Å²) < 4.78 is 5.76. The Balaban J connectivity index is 1.56. The third-order valence-electron chi connectivity index (χ3n) is 5.44. The molecule has 2 aromatic carbocycles. The van der Waals surface area contributed by atoms with Crippen molar-refractivity contribution in [3.8, 4) is 11.4 Å². The van der Waals surface area contributed by atoms with E-state index < -0.39 is 0 Å². The van der Waals surface area contributed by atoms with Gasteiger partial charge in [0, 0.05) is 18.4 Å². The maximum atomic E-state index is 5.76. The molecule has 0 amide bonds. The number of benzene rings is 2. The van der Waals surface area contributed by atoms with Crippen LogP contribution in [-0.4, -0.2) is 39.1 Å². The summed E-state index contributed by atoms with van der Waals surface area (Å²) in [6.07, 6.45) is 3.43. The number of aromatic nitrogens is 4. The molecular formula is C20H19N5O.